The van der Waals surface area contributed by atoms with Gasteiger partial charge in [-0.1, -0.05) is 66.7 Å². The Morgan fingerprint density at radius 2 is 1.44 bits per heavy atom. The number of nitrogens with zero attached hydrogens (tertiary/aromatic N) is 1. The zero-order chi connectivity index (χ0) is 17.5. The first-order chi connectivity index (χ1) is 12.2. The maximum Gasteiger partial charge on any atom is 0.251 e. The predicted octanol–water partition coefficient (Wildman–Crippen LogP) is 5.07. The normalized spacial score (nSPS) is 10.8. The Balaban J connectivity index is 1.86. The van der Waals surface area contributed by atoms with Crippen molar-refractivity contribution in [2.24, 2.45) is 0 Å². The van der Waals surface area contributed by atoms with Crippen LogP contribution in [0.2, 0.25) is 0 Å². The largest absolute Gasteiger partial charge is 0.304 e. The third-order valence-electron chi connectivity index (χ3n) is 3.83. The lowest BCUT2D eigenvalue weighted by Crippen LogP contribution is -2.28. The second-order valence-corrected chi connectivity index (χ2v) is 5.60. The van der Waals surface area contributed by atoms with Crippen LogP contribution in [0.3, 0.4) is 0 Å². The van der Waals surface area contributed by atoms with Crippen molar-refractivity contribution in [3.63, 3.8) is 0 Å². The number of rotatable bonds is 5. The summed E-state index contributed by atoms with van der Waals surface area (Å²) in [6.45, 7) is 0.450. The van der Waals surface area contributed by atoms with Crippen molar-refractivity contribution in [3.8, 4) is 0 Å². The Morgan fingerprint density at radius 1 is 0.840 bits per heavy atom. The topological polar surface area (TPSA) is 20.3 Å². The van der Waals surface area contributed by atoms with Crippen LogP contribution in [0.1, 0.15) is 11.1 Å². The van der Waals surface area contributed by atoms with E-state index in [9.17, 15) is 9.18 Å². The van der Waals surface area contributed by atoms with Crippen LogP contribution in [0.25, 0.3) is 6.08 Å². The van der Waals surface area contributed by atoms with Crippen molar-refractivity contribution >= 4 is 17.7 Å². The summed E-state index contributed by atoms with van der Waals surface area (Å²) in [6, 6.07) is 25.6. The second-order valence-electron chi connectivity index (χ2n) is 5.60. The highest BCUT2D eigenvalue weighted by Crippen LogP contribution is 2.18. The molecule has 0 N–H and O–H groups in total. The van der Waals surface area contributed by atoms with Crippen molar-refractivity contribution in [2.45, 2.75) is 6.54 Å². The Morgan fingerprint density at radius 3 is 2.12 bits per heavy atom. The maximum absolute atomic E-state index is 13.7. The zero-order valence-corrected chi connectivity index (χ0v) is 13.7. The van der Waals surface area contributed by atoms with E-state index in [1.165, 1.54) is 18.2 Å². The third kappa shape index (κ3) is 4.42. The lowest BCUT2D eigenvalue weighted by atomic mass is 10.1. The molecule has 0 atom stereocenters. The molecule has 0 aliphatic heterocycles. The average molecular weight is 331 g/mol. The summed E-state index contributed by atoms with van der Waals surface area (Å²) in [4.78, 5) is 14.4. The van der Waals surface area contributed by atoms with E-state index in [-0.39, 0.29) is 11.7 Å². The van der Waals surface area contributed by atoms with E-state index in [1.807, 2.05) is 60.7 Å². The highest BCUT2D eigenvalue weighted by Gasteiger charge is 2.13. The quantitative estimate of drug-likeness (QED) is 0.598. The molecule has 0 unspecified atom stereocenters. The fourth-order valence-electron chi connectivity index (χ4n) is 2.53. The van der Waals surface area contributed by atoms with Crippen LogP contribution in [-0.2, 0) is 11.3 Å². The molecule has 1 amide bonds. The smallest absolute Gasteiger partial charge is 0.251 e. The molecule has 0 bridgehead atoms. The van der Waals surface area contributed by atoms with Crippen LogP contribution in [0.5, 0.6) is 0 Å². The van der Waals surface area contributed by atoms with E-state index in [1.54, 1.807) is 23.1 Å². The fourth-order valence-corrected chi connectivity index (χ4v) is 2.53. The minimum atomic E-state index is -0.346. The van der Waals surface area contributed by atoms with Gasteiger partial charge in [-0.25, -0.2) is 4.39 Å². The first kappa shape index (κ1) is 16.7. The summed E-state index contributed by atoms with van der Waals surface area (Å²) in [5, 5.41) is 0. The highest BCUT2D eigenvalue weighted by molar-refractivity contribution is 6.03. The summed E-state index contributed by atoms with van der Waals surface area (Å²) in [7, 11) is 0. The first-order valence-corrected chi connectivity index (χ1v) is 8.07. The molecule has 3 aromatic rings. The van der Waals surface area contributed by atoms with Gasteiger partial charge in [-0.3, -0.25) is 4.79 Å². The number of halogens is 1. The number of anilines is 1. The van der Waals surface area contributed by atoms with E-state index in [0.29, 0.717) is 12.1 Å². The molecule has 0 aromatic heterocycles. The van der Waals surface area contributed by atoms with Gasteiger partial charge < -0.3 is 4.90 Å². The van der Waals surface area contributed by atoms with E-state index < -0.39 is 0 Å². The molecule has 0 spiro atoms. The van der Waals surface area contributed by atoms with Gasteiger partial charge in [0.15, 0.2) is 0 Å². The second kappa shape index (κ2) is 8.06. The van der Waals surface area contributed by atoms with Crippen LogP contribution >= 0.6 is 0 Å². The average Bonchev–Trinajstić information content (AvgIpc) is 2.67. The number of carbonyl (C=O) groups excluding carboxylic acids is 1. The molecule has 0 saturated heterocycles. The monoisotopic (exact) mass is 331 g/mol. The Hall–Kier alpha value is -3.20. The van der Waals surface area contributed by atoms with Gasteiger partial charge in [0.1, 0.15) is 5.82 Å². The van der Waals surface area contributed by atoms with Crippen LogP contribution in [0, 0.1) is 5.82 Å². The van der Waals surface area contributed by atoms with Gasteiger partial charge in [0.25, 0.3) is 5.91 Å². The summed E-state index contributed by atoms with van der Waals surface area (Å²) in [5.74, 6) is -0.542. The van der Waals surface area contributed by atoms with Crippen molar-refractivity contribution in [1.82, 2.24) is 0 Å². The molecule has 0 aliphatic rings. The molecule has 2 nitrogen and oxygen atoms in total. The first-order valence-electron chi connectivity index (χ1n) is 8.07. The molecule has 0 fully saturated rings. The van der Waals surface area contributed by atoms with Gasteiger partial charge in [0, 0.05) is 17.3 Å². The maximum atomic E-state index is 13.7. The molecule has 124 valence electrons. The Kier molecular flexibility index (Phi) is 5.37. The fraction of sp³-hybridized carbons (Fsp3) is 0.0455. The van der Waals surface area contributed by atoms with Crippen LogP contribution in [0.4, 0.5) is 10.1 Å². The van der Waals surface area contributed by atoms with Crippen molar-refractivity contribution in [2.75, 3.05) is 4.90 Å². The number of para-hydroxylation sites is 1. The van der Waals surface area contributed by atoms with E-state index >= 15 is 0 Å². The van der Waals surface area contributed by atoms with Crippen molar-refractivity contribution < 1.29 is 9.18 Å². The molecule has 0 heterocycles. The lowest BCUT2D eigenvalue weighted by Gasteiger charge is -2.21. The Labute approximate surface area is 146 Å². The molecule has 0 aliphatic carbocycles. The molecular formula is C22H18FNO. The summed E-state index contributed by atoms with van der Waals surface area (Å²) >= 11 is 0. The van der Waals surface area contributed by atoms with Gasteiger partial charge in [-0.15, -0.1) is 0 Å². The van der Waals surface area contributed by atoms with Gasteiger partial charge in [-0.2, -0.15) is 0 Å². The standard InChI is InChI=1S/C22H18FNO/c23-21-14-8-7-11-19(21)15-16-22(25)24(20-12-5-2-6-13-20)17-18-9-3-1-4-10-18/h1-16H,17H2/b16-15+. The van der Waals surface area contributed by atoms with E-state index in [2.05, 4.69) is 0 Å². The molecule has 0 radical (unpaired) electrons. The van der Waals surface area contributed by atoms with Gasteiger partial charge in [0.2, 0.25) is 0 Å². The summed E-state index contributed by atoms with van der Waals surface area (Å²) in [5.41, 5.74) is 2.22. The van der Waals surface area contributed by atoms with Crippen LogP contribution < -0.4 is 4.90 Å². The number of hydrogen-bond donors (Lipinski definition) is 0. The van der Waals surface area contributed by atoms with Gasteiger partial charge in [0.05, 0.1) is 6.54 Å². The molecule has 25 heavy (non-hydrogen) atoms. The summed E-state index contributed by atoms with van der Waals surface area (Å²) in [6.07, 6.45) is 2.92. The SMILES string of the molecule is O=C(/C=C/c1ccccc1F)N(Cc1ccccc1)c1ccccc1. The molecule has 3 heteroatoms. The predicted molar refractivity (Wildman–Crippen MR) is 99.5 cm³/mol. The number of amides is 1. The summed E-state index contributed by atoms with van der Waals surface area (Å²) < 4.78 is 13.7. The molecule has 0 saturated carbocycles. The van der Waals surface area contributed by atoms with E-state index in [4.69, 9.17) is 0 Å². The number of carbonyl (C=O) groups is 1. The zero-order valence-electron chi connectivity index (χ0n) is 13.7. The van der Waals surface area contributed by atoms with Crippen LogP contribution in [-0.4, -0.2) is 5.91 Å². The highest BCUT2D eigenvalue weighted by atomic mass is 19.1. The molecule has 3 aromatic carbocycles. The molecular weight excluding hydrogens is 313 g/mol. The minimum Gasteiger partial charge on any atom is -0.304 e. The third-order valence-corrected chi connectivity index (χ3v) is 3.83. The van der Waals surface area contributed by atoms with Crippen LogP contribution in [0.15, 0.2) is 91.0 Å². The lowest BCUT2D eigenvalue weighted by molar-refractivity contribution is -0.114. The van der Waals surface area contributed by atoms with Gasteiger partial charge in [-0.05, 0) is 29.8 Å². The van der Waals surface area contributed by atoms with Crippen molar-refractivity contribution in [3.05, 3.63) is 108 Å². The van der Waals surface area contributed by atoms with E-state index in [0.717, 1.165) is 11.3 Å². The van der Waals surface area contributed by atoms with Crippen molar-refractivity contribution in [1.29, 1.82) is 0 Å². The molecule has 3 rings (SSSR count). The van der Waals surface area contributed by atoms with Gasteiger partial charge >= 0.3 is 0 Å². The Bertz CT molecular complexity index is 859. The number of benzene rings is 3. The number of hydrogen-bond acceptors (Lipinski definition) is 1. The minimum absolute atomic E-state index is 0.196.